The van der Waals surface area contributed by atoms with Crippen molar-refractivity contribution < 1.29 is 14.3 Å². The van der Waals surface area contributed by atoms with Crippen LogP contribution in [0.3, 0.4) is 0 Å². The van der Waals surface area contributed by atoms with Gasteiger partial charge in [0.15, 0.2) is 11.5 Å². The van der Waals surface area contributed by atoms with Gasteiger partial charge in [-0.2, -0.15) is 0 Å². The van der Waals surface area contributed by atoms with Gasteiger partial charge in [-0.3, -0.25) is 4.79 Å². The molecule has 2 rings (SSSR count). The van der Waals surface area contributed by atoms with Crippen LogP contribution in [0.4, 0.5) is 5.82 Å². The van der Waals surface area contributed by atoms with Crippen molar-refractivity contribution in [2.45, 2.75) is 26.2 Å². The summed E-state index contributed by atoms with van der Waals surface area (Å²) in [6.07, 6.45) is 4.52. The van der Waals surface area contributed by atoms with Gasteiger partial charge in [-0.05, 0) is 42.7 Å². The number of rotatable bonds is 10. The molecule has 6 nitrogen and oxygen atoms in total. The standard InChI is InChI=1S/C21H29N3O3/c1-5-6-13-24(2)21(25)17-8-10-20(23-15-17)22-12-11-16-7-9-18(26-3)19(14-16)27-4/h7-10,14-15H,5-6,11-13H2,1-4H3,(H,22,23). The Labute approximate surface area is 161 Å². The van der Waals surface area contributed by atoms with Gasteiger partial charge in [0.1, 0.15) is 5.82 Å². The topological polar surface area (TPSA) is 63.7 Å². The number of carbonyl (C=O) groups excluding carboxylic acids is 1. The fraction of sp³-hybridized carbons (Fsp3) is 0.429. The number of hydrogen-bond donors (Lipinski definition) is 1. The molecule has 1 heterocycles. The average molecular weight is 371 g/mol. The summed E-state index contributed by atoms with van der Waals surface area (Å²) in [5, 5.41) is 3.28. The van der Waals surface area contributed by atoms with Gasteiger partial charge in [-0.15, -0.1) is 0 Å². The summed E-state index contributed by atoms with van der Waals surface area (Å²) in [7, 11) is 5.08. The van der Waals surface area contributed by atoms with E-state index in [2.05, 4.69) is 17.2 Å². The van der Waals surface area contributed by atoms with Crippen molar-refractivity contribution in [1.82, 2.24) is 9.88 Å². The summed E-state index contributed by atoms with van der Waals surface area (Å²) in [6.45, 7) is 3.61. The van der Waals surface area contributed by atoms with Crippen LogP contribution in [-0.4, -0.2) is 50.1 Å². The molecular formula is C21H29N3O3. The summed E-state index contributed by atoms with van der Waals surface area (Å²) in [5.74, 6) is 2.21. The van der Waals surface area contributed by atoms with Crippen molar-refractivity contribution in [3.8, 4) is 11.5 Å². The van der Waals surface area contributed by atoms with E-state index >= 15 is 0 Å². The number of ether oxygens (including phenoxy) is 2. The second kappa shape index (κ2) is 10.4. The molecule has 0 atom stereocenters. The van der Waals surface area contributed by atoms with Gasteiger partial charge in [0.05, 0.1) is 19.8 Å². The monoisotopic (exact) mass is 371 g/mol. The zero-order valence-electron chi connectivity index (χ0n) is 16.6. The normalized spacial score (nSPS) is 10.4. The average Bonchev–Trinajstić information content (AvgIpc) is 2.71. The van der Waals surface area contributed by atoms with Crippen LogP contribution in [0.15, 0.2) is 36.5 Å². The highest BCUT2D eigenvalue weighted by Crippen LogP contribution is 2.27. The molecule has 0 radical (unpaired) electrons. The highest BCUT2D eigenvalue weighted by atomic mass is 16.5. The predicted octanol–water partition coefficient (Wildman–Crippen LogP) is 3.63. The first kappa shape index (κ1) is 20.6. The molecule has 0 aliphatic rings. The molecule has 2 aromatic rings. The molecule has 1 aromatic carbocycles. The summed E-state index contributed by atoms with van der Waals surface area (Å²) in [6, 6.07) is 9.56. The molecule has 1 amide bonds. The van der Waals surface area contributed by atoms with E-state index in [9.17, 15) is 4.79 Å². The van der Waals surface area contributed by atoms with Crippen LogP contribution in [0.2, 0.25) is 0 Å². The number of nitrogens with zero attached hydrogens (tertiary/aromatic N) is 2. The summed E-state index contributed by atoms with van der Waals surface area (Å²) >= 11 is 0. The zero-order valence-corrected chi connectivity index (χ0v) is 16.6. The smallest absolute Gasteiger partial charge is 0.255 e. The van der Waals surface area contributed by atoms with E-state index in [4.69, 9.17) is 9.47 Å². The van der Waals surface area contributed by atoms with E-state index in [1.807, 2.05) is 37.4 Å². The number of hydrogen-bond acceptors (Lipinski definition) is 5. The molecular weight excluding hydrogens is 342 g/mol. The Kier molecular flexibility index (Phi) is 7.92. The minimum atomic E-state index is 0.00725. The van der Waals surface area contributed by atoms with Gasteiger partial charge in [-0.25, -0.2) is 4.98 Å². The Morgan fingerprint density at radius 1 is 1.15 bits per heavy atom. The van der Waals surface area contributed by atoms with E-state index < -0.39 is 0 Å². The molecule has 1 aromatic heterocycles. The Morgan fingerprint density at radius 3 is 2.56 bits per heavy atom. The third-order valence-corrected chi connectivity index (χ3v) is 4.37. The van der Waals surface area contributed by atoms with E-state index in [0.717, 1.165) is 55.2 Å². The molecule has 0 aliphatic carbocycles. The second-order valence-electron chi connectivity index (χ2n) is 6.38. The van der Waals surface area contributed by atoms with Gasteiger partial charge >= 0.3 is 0 Å². The van der Waals surface area contributed by atoms with E-state index in [1.165, 1.54) is 0 Å². The Balaban J connectivity index is 1.87. The van der Waals surface area contributed by atoms with Crippen molar-refractivity contribution in [3.63, 3.8) is 0 Å². The number of unbranched alkanes of at least 4 members (excludes halogenated alkanes) is 1. The molecule has 0 unspecified atom stereocenters. The molecule has 0 aliphatic heterocycles. The third kappa shape index (κ3) is 5.88. The van der Waals surface area contributed by atoms with Crippen LogP contribution in [-0.2, 0) is 6.42 Å². The molecule has 0 bridgehead atoms. The van der Waals surface area contributed by atoms with Crippen LogP contribution < -0.4 is 14.8 Å². The lowest BCUT2D eigenvalue weighted by molar-refractivity contribution is 0.0793. The first-order valence-corrected chi connectivity index (χ1v) is 9.25. The third-order valence-electron chi connectivity index (χ3n) is 4.37. The number of benzene rings is 1. The summed E-state index contributed by atoms with van der Waals surface area (Å²) in [5.41, 5.74) is 1.75. The minimum Gasteiger partial charge on any atom is -0.493 e. The Bertz CT molecular complexity index is 732. The van der Waals surface area contributed by atoms with Crippen molar-refractivity contribution in [1.29, 1.82) is 0 Å². The second-order valence-corrected chi connectivity index (χ2v) is 6.38. The van der Waals surface area contributed by atoms with E-state index in [-0.39, 0.29) is 5.91 Å². The molecule has 0 saturated heterocycles. The fourth-order valence-electron chi connectivity index (χ4n) is 2.71. The quantitative estimate of drug-likeness (QED) is 0.691. The number of aromatic nitrogens is 1. The number of nitrogens with one attached hydrogen (secondary N) is 1. The van der Waals surface area contributed by atoms with Gasteiger partial charge in [-0.1, -0.05) is 19.4 Å². The lowest BCUT2D eigenvalue weighted by Gasteiger charge is -2.16. The van der Waals surface area contributed by atoms with Crippen molar-refractivity contribution in [3.05, 3.63) is 47.7 Å². The molecule has 146 valence electrons. The Morgan fingerprint density at radius 2 is 1.93 bits per heavy atom. The largest absolute Gasteiger partial charge is 0.493 e. The molecule has 27 heavy (non-hydrogen) atoms. The van der Waals surface area contributed by atoms with Crippen LogP contribution in [0, 0.1) is 0 Å². The highest BCUT2D eigenvalue weighted by molar-refractivity contribution is 5.93. The summed E-state index contributed by atoms with van der Waals surface area (Å²) < 4.78 is 10.6. The van der Waals surface area contributed by atoms with Gasteiger partial charge in [0.2, 0.25) is 0 Å². The molecule has 6 heteroatoms. The van der Waals surface area contributed by atoms with Gasteiger partial charge in [0, 0.05) is 26.3 Å². The van der Waals surface area contributed by atoms with Crippen LogP contribution in [0.5, 0.6) is 11.5 Å². The first-order chi connectivity index (χ1) is 13.1. The lowest BCUT2D eigenvalue weighted by Crippen LogP contribution is -2.27. The maximum absolute atomic E-state index is 12.3. The Hall–Kier alpha value is -2.76. The van der Waals surface area contributed by atoms with Crippen LogP contribution in [0.25, 0.3) is 0 Å². The number of anilines is 1. The number of methoxy groups -OCH3 is 2. The molecule has 0 saturated carbocycles. The van der Waals surface area contributed by atoms with E-state index in [0.29, 0.717) is 5.56 Å². The maximum Gasteiger partial charge on any atom is 0.255 e. The van der Waals surface area contributed by atoms with Gasteiger partial charge in [0.25, 0.3) is 5.91 Å². The van der Waals surface area contributed by atoms with Crippen LogP contribution in [0.1, 0.15) is 35.7 Å². The van der Waals surface area contributed by atoms with Crippen LogP contribution >= 0.6 is 0 Å². The molecule has 1 N–H and O–H groups in total. The van der Waals surface area contributed by atoms with Crippen molar-refractivity contribution >= 4 is 11.7 Å². The lowest BCUT2D eigenvalue weighted by atomic mass is 10.1. The van der Waals surface area contributed by atoms with Gasteiger partial charge < -0.3 is 19.7 Å². The minimum absolute atomic E-state index is 0.00725. The van der Waals surface area contributed by atoms with Crippen molar-refractivity contribution in [2.24, 2.45) is 0 Å². The fourth-order valence-corrected chi connectivity index (χ4v) is 2.71. The zero-order chi connectivity index (χ0) is 19.6. The number of amides is 1. The predicted molar refractivity (Wildman–Crippen MR) is 108 cm³/mol. The molecule has 0 spiro atoms. The molecule has 0 fully saturated rings. The first-order valence-electron chi connectivity index (χ1n) is 9.25. The number of pyridine rings is 1. The number of carbonyl (C=O) groups is 1. The maximum atomic E-state index is 12.3. The SMILES string of the molecule is CCCCN(C)C(=O)c1ccc(NCCc2ccc(OC)c(OC)c2)nc1. The van der Waals surface area contributed by atoms with Crippen molar-refractivity contribution in [2.75, 3.05) is 39.7 Å². The summed E-state index contributed by atoms with van der Waals surface area (Å²) in [4.78, 5) is 18.4. The van der Waals surface area contributed by atoms with E-state index in [1.54, 1.807) is 25.3 Å². The highest BCUT2D eigenvalue weighted by Gasteiger charge is 2.11.